The molecule has 1 aliphatic rings. The van der Waals surface area contributed by atoms with Crippen molar-refractivity contribution in [3.05, 3.63) is 70.8 Å². The van der Waals surface area contributed by atoms with Gasteiger partial charge in [-0.15, -0.1) is 0 Å². The Morgan fingerprint density at radius 3 is 2.18 bits per heavy atom. The molecule has 1 aliphatic heterocycles. The van der Waals surface area contributed by atoms with Crippen LogP contribution in [0, 0.1) is 18.8 Å². The number of alkyl halides is 6. The van der Waals surface area contributed by atoms with Crippen molar-refractivity contribution in [3.8, 4) is 0 Å². The van der Waals surface area contributed by atoms with E-state index in [1.54, 1.807) is 42.5 Å². The predicted molar refractivity (Wildman–Crippen MR) is 131 cm³/mol. The van der Waals surface area contributed by atoms with E-state index < -0.39 is 73.6 Å². The van der Waals surface area contributed by atoms with Crippen molar-refractivity contribution in [3.63, 3.8) is 0 Å². The van der Waals surface area contributed by atoms with Crippen molar-refractivity contribution in [1.82, 2.24) is 5.32 Å². The van der Waals surface area contributed by atoms with Crippen LogP contribution in [0.2, 0.25) is 0 Å². The highest BCUT2D eigenvalue weighted by Gasteiger charge is 2.40. The quantitative estimate of drug-likeness (QED) is 0.435. The summed E-state index contributed by atoms with van der Waals surface area (Å²) in [6.45, 7) is 1.84. The maximum Gasteiger partial charge on any atom is 0.389 e. The summed E-state index contributed by atoms with van der Waals surface area (Å²) >= 11 is 0. The molecule has 6 nitrogen and oxygen atoms in total. The first-order valence-electron chi connectivity index (χ1n) is 12.1. The summed E-state index contributed by atoms with van der Waals surface area (Å²) in [4.78, 5) is 42.8. The van der Waals surface area contributed by atoms with Crippen molar-refractivity contribution >= 4 is 23.3 Å². The fraction of sp³-hybridized carbons (Fsp3) is 0.407. The molecule has 12 heteroatoms. The Labute approximate surface area is 220 Å². The summed E-state index contributed by atoms with van der Waals surface area (Å²) in [5.74, 6) is -6.83. The number of carbonyl (C=O) groups excluding carboxylic acids is 3. The third-order valence-electron chi connectivity index (χ3n) is 6.44. The number of rotatable bonds is 9. The second-order valence-electron chi connectivity index (χ2n) is 9.48. The Morgan fingerprint density at radius 2 is 1.59 bits per heavy atom. The number of nitrogens with one attached hydrogen (secondary N) is 1. The van der Waals surface area contributed by atoms with Gasteiger partial charge in [0.1, 0.15) is 0 Å². The molecule has 0 spiro atoms. The Bertz CT molecular complexity index is 1260. The smallest absolute Gasteiger partial charge is 0.369 e. The molecule has 0 aliphatic carbocycles. The van der Waals surface area contributed by atoms with Crippen LogP contribution in [0.1, 0.15) is 47.9 Å². The van der Waals surface area contributed by atoms with E-state index in [1.165, 1.54) is 0 Å². The molecule has 3 N–H and O–H groups in total. The SMILES string of the molecule is Cc1cccc(C2=N[C@H](NC(=O)[C@H](CCC(F)(F)F)[C@H](CCC(F)(F)F)C(N)=O)C(=O)Cc3ccccc32)c1. The van der Waals surface area contributed by atoms with E-state index in [0.717, 1.165) is 5.56 Å². The van der Waals surface area contributed by atoms with E-state index in [2.05, 4.69) is 10.3 Å². The van der Waals surface area contributed by atoms with Crippen LogP contribution in [0.25, 0.3) is 0 Å². The maximum atomic E-state index is 13.2. The molecule has 0 saturated carbocycles. The predicted octanol–water partition coefficient (Wildman–Crippen LogP) is 4.80. The number of hydrogen-bond donors (Lipinski definition) is 2. The van der Waals surface area contributed by atoms with Gasteiger partial charge in [0.05, 0.1) is 5.71 Å². The number of benzene rings is 2. The number of hydrogen-bond acceptors (Lipinski definition) is 4. The first-order chi connectivity index (χ1) is 18.1. The molecule has 2 aromatic rings. The van der Waals surface area contributed by atoms with Crippen LogP contribution in [0.4, 0.5) is 26.3 Å². The molecule has 3 atom stereocenters. The third kappa shape index (κ3) is 8.39. The lowest BCUT2D eigenvalue weighted by molar-refractivity contribution is -0.152. The Morgan fingerprint density at radius 1 is 0.974 bits per heavy atom. The molecule has 0 fully saturated rings. The van der Waals surface area contributed by atoms with Crippen molar-refractivity contribution in [2.45, 2.75) is 57.5 Å². The summed E-state index contributed by atoms with van der Waals surface area (Å²) in [6, 6.07) is 14.0. The van der Waals surface area contributed by atoms with E-state index in [1.807, 2.05) is 13.0 Å². The van der Waals surface area contributed by atoms with Crippen LogP contribution in [-0.4, -0.2) is 41.8 Å². The van der Waals surface area contributed by atoms with Crippen molar-refractivity contribution in [1.29, 1.82) is 0 Å². The third-order valence-corrected chi connectivity index (χ3v) is 6.44. The number of Topliss-reactive ketones (excluding diaryl/α,β-unsaturated/α-hetero) is 1. The number of nitrogens with two attached hydrogens (primary N) is 1. The van der Waals surface area contributed by atoms with E-state index in [4.69, 9.17) is 5.73 Å². The van der Waals surface area contributed by atoms with Gasteiger partial charge in [-0.25, -0.2) is 0 Å². The number of fused-ring (bicyclic) bond motifs is 1. The first-order valence-corrected chi connectivity index (χ1v) is 12.1. The molecule has 3 rings (SSSR count). The van der Waals surface area contributed by atoms with E-state index >= 15 is 0 Å². The number of aryl methyl sites for hydroxylation is 1. The van der Waals surface area contributed by atoms with Gasteiger partial charge in [0.25, 0.3) is 0 Å². The summed E-state index contributed by atoms with van der Waals surface area (Å²) in [6.07, 6.45) is -16.2. The molecule has 1 heterocycles. The maximum absolute atomic E-state index is 13.2. The lowest BCUT2D eigenvalue weighted by Crippen LogP contribution is -2.47. The zero-order valence-corrected chi connectivity index (χ0v) is 20.9. The van der Waals surface area contributed by atoms with Gasteiger partial charge >= 0.3 is 12.4 Å². The fourth-order valence-corrected chi connectivity index (χ4v) is 4.53. The average Bonchev–Trinajstić information content (AvgIpc) is 2.95. The number of carbonyl (C=O) groups is 3. The second-order valence-corrected chi connectivity index (χ2v) is 9.48. The highest BCUT2D eigenvalue weighted by Crippen LogP contribution is 2.33. The minimum absolute atomic E-state index is 0.166. The summed E-state index contributed by atoms with van der Waals surface area (Å²) in [5.41, 5.74) is 8.30. The topological polar surface area (TPSA) is 102 Å². The summed E-state index contributed by atoms with van der Waals surface area (Å²) < 4.78 is 77.6. The lowest BCUT2D eigenvalue weighted by atomic mass is 9.83. The van der Waals surface area contributed by atoms with Crippen LogP contribution in [-0.2, 0) is 20.8 Å². The molecular weight excluding hydrogens is 528 g/mol. The molecule has 0 radical (unpaired) electrons. The average molecular weight is 556 g/mol. The van der Waals surface area contributed by atoms with Gasteiger partial charge in [-0.3, -0.25) is 19.4 Å². The summed E-state index contributed by atoms with van der Waals surface area (Å²) in [7, 11) is 0. The molecule has 210 valence electrons. The molecule has 2 amide bonds. The second kappa shape index (κ2) is 12.0. The number of nitrogens with zero attached hydrogens (tertiary/aromatic N) is 1. The monoisotopic (exact) mass is 555 g/mol. The van der Waals surface area contributed by atoms with Crippen LogP contribution in [0.5, 0.6) is 0 Å². The molecule has 39 heavy (non-hydrogen) atoms. The van der Waals surface area contributed by atoms with E-state index in [0.29, 0.717) is 22.4 Å². The molecule has 0 saturated heterocycles. The van der Waals surface area contributed by atoms with Gasteiger partial charge in [-0.05, 0) is 31.4 Å². The number of amides is 2. The van der Waals surface area contributed by atoms with Gasteiger partial charge in [0, 0.05) is 42.2 Å². The molecule has 0 aromatic heterocycles. The van der Waals surface area contributed by atoms with Gasteiger partial charge in [0.15, 0.2) is 11.9 Å². The molecule has 2 aromatic carbocycles. The van der Waals surface area contributed by atoms with Crippen LogP contribution in [0.15, 0.2) is 53.5 Å². The molecule has 0 bridgehead atoms. The van der Waals surface area contributed by atoms with Crippen LogP contribution in [0.3, 0.4) is 0 Å². The zero-order valence-electron chi connectivity index (χ0n) is 20.9. The van der Waals surface area contributed by atoms with Gasteiger partial charge in [-0.1, -0.05) is 48.0 Å². The van der Waals surface area contributed by atoms with Crippen LogP contribution >= 0.6 is 0 Å². The van der Waals surface area contributed by atoms with Crippen molar-refractivity contribution < 1.29 is 40.7 Å². The van der Waals surface area contributed by atoms with E-state index in [9.17, 15) is 40.7 Å². The lowest BCUT2D eigenvalue weighted by Gasteiger charge is -2.26. The number of ketones is 1. The van der Waals surface area contributed by atoms with Gasteiger partial charge in [-0.2, -0.15) is 26.3 Å². The molecular formula is C27H27F6N3O3. The number of primary amides is 1. The molecule has 0 unspecified atom stereocenters. The highest BCUT2D eigenvalue weighted by atomic mass is 19.4. The van der Waals surface area contributed by atoms with E-state index in [-0.39, 0.29) is 6.42 Å². The van der Waals surface area contributed by atoms with Crippen molar-refractivity contribution in [2.75, 3.05) is 0 Å². The fourth-order valence-electron chi connectivity index (χ4n) is 4.53. The first kappa shape index (κ1) is 29.9. The van der Waals surface area contributed by atoms with Gasteiger partial charge < -0.3 is 11.1 Å². The minimum Gasteiger partial charge on any atom is -0.369 e. The number of halogens is 6. The standard InChI is InChI=1S/C27H27F6N3O3/c1-15-5-4-7-17(13-15)22-18-8-3-2-6-16(18)14-21(37)24(35-22)36-25(39)20(10-12-27(31,32)33)19(23(34)38)9-11-26(28,29)30/h2-8,13,19-20,24H,9-12,14H2,1H3,(H2,34,38)(H,36,39)/t19-,20+,24+/m0/s1. The largest absolute Gasteiger partial charge is 0.389 e. The van der Waals surface area contributed by atoms with Crippen molar-refractivity contribution in [2.24, 2.45) is 22.6 Å². The summed E-state index contributed by atoms with van der Waals surface area (Å²) in [5, 5.41) is 2.29. The Hall–Kier alpha value is -3.70. The minimum atomic E-state index is -4.75. The van der Waals surface area contributed by atoms with Gasteiger partial charge in [0.2, 0.25) is 11.8 Å². The number of aliphatic imine (C=N–C) groups is 1. The normalized spacial score (nSPS) is 17.5. The van der Waals surface area contributed by atoms with Crippen LogP contribution < -0.4 is 11.1 Å². The zero-order chi connectivity index (χ0) is 29.0. The Balaban J connectivity index is 1.99. The highest BCUT2D eigenvalue weighted by molar-refractivity contribution is 6.16. The Kier molecular flexibility index (Phi) is 9.18.